The molecule has 0 spiro atoms. The maximum Gasteiger partial charge on any atom is 0.255 e. The Kier molecular flexibility index (Phi) is 4.63. The standard InChI is InChI=1S/C15H16F2N2O/c16-14(17)10-19(9-8-18)15(20)13-7-3-5-11-4-1-2-6-12(11)13/h1-7,14H,8-10,18H2. The molecule has 0 atom stereocenters. The van der Waals surface area contributed by atoms with E-state index in [1.165, 1.54) is 0 Å². The molecule has 3 nitrogen and oxygen atoms in total. The van der Waals surface area contributed by atoms with E-state index in [-0.39, 0.29) is 13.1 Å². The van der Waals surface area contributed by atoms with E-state index in [4.69, 9.17) is 5.73 Å². The van der Waals surface area contributed by atoms with Gasteiger partial charge in [-0.2, -0.15) is 0 Å². The van der Waals surface area contributed by atoms with E-state index in [0.29, 0.717) is 5.56 Å². The van der Waals surface area contributed by atoms with Crippen molar-refractivity contribution in [3.63, 3.8) is 0 Å². The van der Waals surface area contributed by atoms with Crippen molar-refractivity contribution in [1.29, 1.82) is 0 Å². The van der Waals surface area contributed by atoms with Crippen molar-refractivity contribution in [3.8, 4) is 0 Å². The fourth-order valence-electron chi connectivity index (χ4n) is 2.18. The van der Waals surface area contributed by atoms with Gasteiger partial charge in [-0.15, -0.1) is 0 Å². The molecule has 0 aliphatic rings. The summed E-state index contributed by atoms with van der Waals surface area (Å²) in [6.45, 7) is -0.325. The molecule has 106 valence electrons. The fourth-order valence-corrected chi connectivity index (χ4v) is 2.18. The van der Waals surface area contributed by atoms with Crippen molar-refractivity contribution >= 4 is 16.7 Å². The summed E-state index contributed by atoms with van der Waals surface area (Å²) in [5.41, 5.74) is 5.82. The van der Waals surface area contributed by atoms with Crippen LogP contribution in [-0.2, 0) is 0 Å². The molecule has 0 heterocycles. The Hall–Kier alpha value is -2.01. The second kappa shape index (κ2) is 6.43. The van der Waals surface area contributed by atoms with Crippen LogP contribution in [0.4, 0.5) is 8.78 Å². The zero-order valence-corrected chi connectivity index (χ0v) is 10.9. The van der Waals surface area contributed by atoms with Crippen LogP contribution in [0.1, 0.15) is 10.4 Å². The minimum atomic E-state index is -2.57. The lowest BCUT2D eigenvalue weighted by Gasteiger charge is -2.22. The quantitative estimate of drug-likeness (QED) is 0.913. The molecule has 0 fully saturated rings. The molecule has 0 aliphatic carbocycles. The lowest BCUT2D eigenvalue weighted by Crippen LogP contribution is -2.38. The number of halogens is 2. The summed E-state index contributed by atoms with van der Waals surface area (Å²) in [6.07, 6.45) is -2.57. The SMILES string of the molecule is NCCN(CC(F)F)C(=O)c1cccc2ccccc12. The van der Waals surface area contributed by atoms with Gasteiger partial charge in [-0.1, -0.05) is 36.4 Å². The molecule has 0 saturated carbocycles. The maximum absolute atomic E-state index is 12.6. The van der Waals surface area contributed by atoms with Gasteiger partial charge in [-0.25, -0.2) is 8.78 Å². The third-order valence-electron chi connectivity index (χ3n) is 3.06. The number of nitrogens with zero attached hydrogens (tertiary/aromatic N) is 1. The van der Waals surface area contributed by atoms with Crippen molar-refractivity contribution in [2.24, 2.45) is 5.73 Å². The summed E-state index contributed by atoms with van der Waals surface area (Å²) in [5.74, 6) is -0.410. The highest BCUT2D eigenvalue weighted by molar-refractivity contribution is 6.07. The average Bonchev–Trinajstić information content (AvgIpc) is 2.45. The van der Waals surface area contributed by atoms with E-state index in [9.17, 15) is 13.6 Å². The molecular formula is C15H16F2N2O. The molecule has 0 radical (unpaired) electrons. The predicted molar refractivity (Wildman–Crippen MR) is 74.9 cm³/mol. The number of hydrogen-bond donors (Lipinski definition) is 1. The van der Waals surface area contributed by atoms with Crippen LogP contribution in [-0.4, -0.2) is 36.9 Å². The van der Waals surface area contributed by atoms with Crippen molar-refractivity contribution in [2.45, 2.75) is 6.43 Å². The van der Waals surface area contributed by atoms with Crippen molar-refractivity contribution in [1.82, 2.24) is 4.90 Å². The van der Waals surface area contributed by atoms with Gasteiger partial charge in [-0.3, -0.25) is 4.79 Å². The van der Waals surface area contributed by atoms with E-state index < -0.39 is 18.9 Å². The lowest BCUT2D eigenvalue weighted by molar-refractivity contribution is 0.0564. The van der Waals surface area contributed by atoms with Crippen molar-refractivity contribution < 1.29 is 13.6 Å². The maximum atomic E-state index is 12.6. The highest BCUT2D eigenvalue weighted by Crippen LogP contribution is 2.20. The van der Waals surface area contributed by atoms with Gasteiger partial charge in [0.2, 0.25) is 0 Å². The van der Waals surface area contributed by atoms with Crippen LogP contribution in [0.3, 0.4) is 0 Å². The van der Waals surface area contributed by atoms with Crippen LogP contribution in [0, 0.1) is 0 Å². The number of alkyl halides is 2. The lowest BCUT2D eigenvalue weighted by atomic mass is 10.0. The molecule has 2 N–H and O–H groups in total. The summed E-state index contributed by atoms with van der Waals surface area (Å²) >= 11 is 0. The number of hydrogen-bond acceptors (Lipinski definition) is 2. The number of fused-ring (bicyclic) bond motifs is 1. The first-order valence-electron chi connectivity index (χ1n) is 6.38. The van der Waals surface area contributed by atoms with E-state index in [2.05, 4.69) is 0 Å². The Morgan fingerprint density at radius 3 is 2.55 bits per heavy atom. The molecule has 2 rings (SSSR count). The van der Waals surface area contributed by atoms with Crippen LogP contribution in [0.25, 0.3) is 10.8 Å². The summed E-state index contributed by atoms with van der Waals surface area (Å²) in [7, 11) is 0. The average molecular weight is 278 g/mol. The van der Waals surface area contributed by atoms with Crippen LogP contribution >= 0.6 is 0 Å². The molecule has 2 aromatic rings. The number of benzene rings is 2. The van der Waals surface area contributed by atoms with Crippen LogP contribution < -0.4 is 5.73 Å². The van der Waals surface area contributed by atoms with Gasteiger partial charge in [-0.05, 0) is 16.8 Å². The molecule has 0 aromatic heterocycles. The summed E-state index contributed by atoms with van der Waals surface area (Å²) < 4.78 is 25.1. The van der Waals surface area contributed by atoms with E-state index in [1.807, 2.05) is 30.3 Å². The zero-order chi connectivity index (χ0) is 14.5. The minimum absolute atomic E-state index is 0.117. The normalized spacial score (nSPS) is 11.0. The summed E-state index contributed by atoms with van der Waals surface area (Å²) in [4.78, 5) is 13.5. The molecule has 0 aliphatic heterocycles. The first-order valence-corrected chi connectivity index (χ1v) is 6.38. The molecule has 1 amide bonds. The molecule has 0 saturated heterocycles. The van der Waals surface area contributed by atoms with Gasteiger partial charge in [0.25, 0.3) is 12.3 Å². The molecule has 20 heavy (non-hydrogen) atoms. The Labute approximate surface area is 116 Å². The van der Waals surface area contributed by atoms with Crippen LogP contribution in [0.5, 0.6) is 0 Å². The van der Waals surface area contributed by atoms with E-state index in [1.54, 1.807) is 12.1 Å². The number of carbonyl (C=O) groups is 1. The van der Waals surface area contributed by atoms with E-state index in [0.717, 1.165) is 15.7 Å². The first kappa shape index (κ1) is 14.4. The van der Waals surface area contributed by atoms with Gasteiger partial charge in [0.15, 0.2) is 0 Å². The second-order valence-corrected chi connectivity index (χ2v) is 4.46. The van der Waals surface area contributed by atoms with Crippen LogP contribution in [0.15, 0.2) is 42.5 Å². The Bertz CT molecular complexity index is 596. The predicted octanol–water partition coefficient (Wildman–Crippen LogP) is 2.51. The van der Waals surface area contributed by atoms with Crippen molar-refractivity contribution in [2.75, 3.05) is 19.6 Å². The Morgan fingerprint density at radius 1 is 1.15 bits per heavy atom. The monoisotopic (exact) mass is 278 g/mol. The van der Waals surface area contributed by atoms with Gasteiger partial charge >= 0.3 is 0 Å². The molecule has 0 unspecified atom stereocenters. The topological polar surface area (TPSA) is 46.3 Å². The largest absolute Gasteiger partial charge is 0.332 e. The molecule has 0 bridgehead atoms. The molecule has 2 aromatic carbocycles. The fraction of sp³-hybridized carbons (Fsp3) is 0.267. The Morgan fingerprint density at radius 2 is 1.85 bits per heavy atom. The van der Waals surface area contributed by atoms with Crippen molar-refractivity contribution in [3.05, 3.63) is 48.0 Å². The number of nitrogens with two attached hydrogens (primary N) is 1. The van der Waals surface area contributed by atoms with Gasteiger partial charge in [0.1, 0.15) is 0 Å². The molecule has 5 heteroatoms. The second-order valence-electron chi connectivity index (χ2n) is 4.46. The summed E-state index contributed by atoms with van der Waals surface area (Å²) in [5, 5.41) is 1.67. The third kappa shape index (κ3) is 3.11. The van der Waals surface area contributed by atoms with Crippen LogP contribution in [0.2, 0.25) is 0 Å². The number of amides is 1. The molecular weight excluding hydrogens is 262 g/mol. The van der Waals surface area contributed by atoms with Gasteiger partial charge < -0.3 is 10.6 Å². The number of carbonyl (C=O) groups excluding carboxylic acids is 1. The minimum Gasteiger partial charge on any atom is -0.332 e. The van der Waals surface area contributed by atoms with Gasteiger partial charge in [0.05, 0.1) is 6.54 Å². The highest BCUT2D eigenvalue weighted by Gasteiger charge is 2.20. The third-order valence-corrected chi connectivity index (χ3v) is 3.06. The zero-order valence-electron chi connectivity index (χ0n) is 10.9. The summed E-state index contributed by atoms with van der Waals surface area (Å²) in [6, 6.07) is 12.7. The smallest absolute Gasteiger partial charge is 0.255 e. The highest BCUT2D eigenvalue weighted by atomic mass is 19.3. The Balaban J connectivity index is 2.38. The number of rotatable bonds is 5. The van der Waals surface area contributed by atoms with E-state index >= 15 is 0 Å². The first-order chi connectivity index (χ1) is 9.63. The van der Waals surface area contributed by atoms with Gasteiger partial charge in [0, 0.05) is 18.7 Å².